The molecule has 0 aromatic heterocycles. The second-order valence-electron chi connectivity index (χ2n) is 4.40. The zero-order chi connectivity index (χ0) is 23.0. The van der Waals surface area contributed by atoms with Gasteiger partial charge in [0.2, 0.25) is 0 Å². The predicted octanol–water partition coefficient (Wildman–Crippen LogP) is 3.99. The van der Waals surface area contributed by atoms with Gasteiger partial charge >= 0.3 is 42.5 Å². The Hall–Kier alpha value is -1.63. The van der Waals surface area contributed by atoms with E-state index in [4.69, 9.17) is 5.11 Å². The molecule has 1 unspecified atom stereocenters. The van der Waals surface area contributed by atoms with Crippen LogP contribution in [0.1, 0.15) is 0 Å². The van der Waals surface area contributed by atoms with E-state index in [1.807, 2.05) is 4.74 Å². The third-order valence-electron chi connectivity index (χ3n) is 2.22. The smallest absolute Gasteiger partial charge is 0.462 e. The van der Waals surface area contributed by atoms with E-state index in [1.165, 1.54) is 4.74 Å². The van der Waals surface area contributed by atoms with Crippen LogP contribution >= 0.6 is 0 Å². The Bertz CT molecular complexity index is 558. The third kappa shape index (κ3) is 5.69. The van der Waals surface area contributed by atoms with E-state index in [9.17, 15) is 66.3 Å². The van der Waals surface area contributed by atoms with Crippen LogP contribution in [0, 0.1) is 0 Å². The third-order valence-corrected chi connectivity index (χ3v) is 2.22. The molecule has 0 rings (SSSR count). The maximum absolute atomic E-state index is 12.9. The Labute approximate surface area is 142 Å². The molecule has 0 saturated carbocycles. The molecular weight excluding hydrogens is 454 g/mol. The number of alkyl halides is 14. The summed E-state index contributed by atoms with van der Waals surface area (Å²) in [5.74, 6) is -9.75. The highest BCUT2D eigenvalue weighted by molar-refractivity contribution is 5.68. The van der Waals surface area contributed by atoms with Crippen molar-refractivity contribution in [3.63, 3.8) is 0 Å². The van der Waals surface area contributed by atoms with Crippen LogP contribution in [-0.2, 0) is 19.0 Å². The fourth-order valence-corrected chi connectivity index (χ4v) is 0.940. The van der Waals surface area contributed by atoms with Gasteiger partial charge in [0.25, 0.3) is 6.36 Å². The Morgan fingerprint density at radius 1 is 0.786 bits per heavy atom. The molecule has 28 heavy (non-hydrogen) atoms. The lowest BCUT2D eigenvalue weighted by molar-refractivity contribution is -0.534. The zero-order valence-electron chi connectivity index (χ0n) is 12.2. The molecular formula is C9H4F14O5. The molecule has 0 aromatic carbocycles. The maximum atomic E-state index is 12.9. The minimum Gasteiger partial charge on any atom is -0.480 e. The normalized spacial score (nSPS) is 16.2. The lowest BCUT2D eigenvalue weighted by Crippen LogP contribution is -2.59. The summed E-state index contributed by atoms with van der Waals surface area (Å²) in [7, 11) is 0. The van der Waals surface area contributed by atoms with E-state index < -0.39 is 55.5 Å². The van der Waals surface area contributed by atoms with Crippen molar-refractivity contribution in [2.75, 3.05) is 6.61 Å². The summed E-state index contributed by atoms with van der Waals surface area (Å²) in [5.41, 5.74) is 0. The highest BCUT2D eigenvalue weighted by Crippen LogP contribution is 2.51. The minimum atomic E-state index is -7.48. The molecule has 0 heterocycles. The van der Waals surface area contributed by atoms with Crippen LogP contribution in [-0.4, -0.2) is 60.6 Å². The lowest BCUT2D eigenvalue weighted by Gasteiger charge is -2.33. The second-order valence-corrected chi connectivity index (χ2v) is 4.40. The van der Waals surface area contributed by atoms with Gasteiger partial charge in [0.15, 0.2) is 6.61 Å². The highest BCUT2D eigenvalue weighted by atomic mass is 19.4. The maximum Gasteiger partial charge on any atom is 0.462 e. The van der Waals surface area contributed by atoms with E-state index in [0.29, 0.717) is 0 Å². The van der Waals surface area contributed by atoms with E-state index in [0.717, 1.165) is 0 Å². The van der Waals surface area contributed by atoms with Gasteiger partial charge in [-0.3, -0.25) is 4.74 Å². The summed E-state index contributed by atoms with van der Waals surface area (Å²) >= 11 is 0. The van der Waals surface area contributed by atoms with Crippen molar-refractivity contribution in [2.24, 2.45) is 0 Å². The number of ether oxygens (including phenoxy) is 3. The van der Waals surface area contributed by atoms with Crippen molar-refractivity contribution < 1.29 is 85.6 Å². The van der Waals surface area contributed by atoms with Crippen molar-refractivity contribution in [1.29, 1.82) is 0 Å². The summed E-state index contributed by atoms with van der Waals surface area (Å²) in [5, 5.41) is 7.93. The van der Waals surface area contributed by atoms with E-state index in [1.54, 1.807) is 0 Å². The van der Waals surface area contributed by atoms with Crippen LogP contribution in [0.3, 0.4) is 0 Å². The first-order valence-corrected chi connectivity index (χ1v) is 5.84. The summed E-state index contributed by atoms with van der Waals surface area (Å²) in [6, 6.07) is 0. The lowest BCUT2D eigenvalue weighted by atomic mass is 10.3. The first-order chi connectivity index (χ1) is 12.0. The van der Waals surface area contributed by atoms with Crippen molar-refractivity contribution in [3.8, 4) is 0 Å². The fourth-order valence-electron chi connectivity index (χ4n) is 0.940. The number of aliphatic carboxylic acids is 1. The van der Waals surface area contributed by atoms with Gasteiger partial charge < -0.3 is 9.84 Å². The molecule has 19 heteroatoms. The Kier molecular flexibility index (Phi) is 7.21. The number of carbonyl (C=O) groups is 1. The molecule has 0 amide bonds. The molecule has 1 N–H and O–H groups in total. The van der Waals surface area contributed by atoms with E-state index >= 15 is 0 Å². The Morgan fingerprint density at radius 2 is 1.21 bits per heavy atom. The van der Waals surface area contributed by atoms with Gasteiger partial charge in [-0.15, -0.1) is 0 Å². The van der Waals surface area contributed by atoms with Crippen molar-refractivity contribution in [3.05, 3.63) is 0 Å². The molecule has 0 aliphatic carbocycles. The fraction of sp³-hybridized carbons (Fsp3) is 0.889. The number of halogens is 14. The van der Waals surface area contributed by atoms with Crippen LogP contribution in [0.2, 0.25) is 0 Å². The van der Waals surface area contributed by atoms with Crippen LogP contribution in [0.5, 0.6) is 0 Å². The molecule has 0 aliphatic rings. The van der Waals surface area contributed by atoms with Crippen molar-refractivity contribution in [2.45, 2.75) is 42.9 Å². The summed E-state index contributed by atoms with van der Waals surface area (Å²) in [4.78, 5) is 9.89. The molecule has 0 aliphatic heterocycles. The highest BCUT2D eigenvalue weighted by Gasteiger charge is 2.79. The van der Waals surface area contributed by atoms with Crippen LogP contribution in [0.15, 0.2) is 0 Å². The first-order valence-electron chi connectivity index (χ1n) is 5.84. The van der Waals surface area contributed by atoms with E-state index in [2.05, 4.69) is 4.74 Å². The molecule has 0 bridgehead atoms. The quantitative estimate of drug-likeness (QED) is 0.502. The second kappa shape index (κ2) is 7.65. The van der Waals surface area contributed by atoms with Gasteiger partial charge in [-0.2, -0.15) is 57.1 Å². The number of hydrogen-bond acceptors (Lipinski definition) is 4. The van der Waals surface area contributed by atoms with Crippen LogP contribution < -0.4 is 0 Å². The number of carboxylic acid groups (broad SMARTS) is 1. The van der Waals surface area contributed by atoms with Crippen molar-refractivity contribution >= 4 is 5.97 Å². The average molecular weight is 458 g/mol. The molecule has 1 atom stereocenters. The van der Waals surface area contributed by atoms with Gasteiger partial charge in [-0.1, -0.05) is 0 Å². The first kappa shape index (κ1) is 26.4. The standard InChI is InChI=1S/C9H4F14O5/c10-3(4(11,12)26-1-2(24)25)27-8(20,21)9(22,23)28-7(18,19)5(13,14)6(15,16)17/h3H,1H2,(H,24,25). The van der Waals surface area contributed by atoms with Gasteiger partial charge in [-0.25, -0.2) is 13.9 Å². The molecule has 0 radical (unpaired) electrons. The minimum absolute atomic E-state index is 1.44. The van der Waals surface area contributed by atoms with Gasteiger partial charge in [0, 0.05) is 0 Å². The predicted molar refractivity (Wildman–Crippen MR) is 51.4 cm³/mol. The average Bonchev–Trinajstić information content (AvgIpc) is 2.41. The molecule has 0 aromatic rings. The van der Waals surface area contributed by atoms with Gasteiger partial charge in [-0.05, 0) is 0 Å². The Balaban J connectivity index is 5.51. The van der Waals surface area contributed by atoms with Crippen LogP contribution in [0.4, 0.5) is 61.5 Å². The topological polar surface area (TPSA) is 65.0 Å². The monoisotopic (exact) mass is 458 g/mol. The summed E-state index contributed by atoms with van der Waals surface area (Å²) < 4.78 is 181. The van der Waals surface area contributed by atoms with Crippen molar-refractivity contribution in [1.82, 2.24) is 0 Å². The van der Waals surface area contributed by atoms with Gasteiger partial charge in [0.1, 0.15) is 0 Å². The number of rotatable bonds is 10. The largest absolute Gasteiger partial charge is 0.480 e. The van der Waals surface area contributed by atoms with Gasteiger partial charge in [0.05, 0.1) is 0 Å². The summed E-state index contributed by atoms with van der Waals surface area (Å²) in [6.45, 7) is -2.12. The number of carboxylic acids is 1. The molecule has 0 saturated heterocycles. The van der Waals surface area contributed by atoms with E-state index in [-0.39, 0.29) is 0 Å². The number of hydrogen-bond donors (Lipinski definition) is 1. The SMILES string of the molecule is O=C(O)COC(F)(F)C(F)OC(F)(F)C(F)(F)OC(F)(F)C(F)(F)C(F)(F)F. The molecule has 168 valence electrons. The molecule has 0 spiro atoms. The Morgan fingerprint density at radius 3 is 1.57 bits per heavy atom. The van der Waals surface area contributed by atoms with Crippen LogP contribution in [0.25, 0.3) is 0 Å². The molecule has 0 fully saturated rings. The zero-order valence-corrected chi connectivity index (χ0v) is 12.2. The summed E-state index contributed by atoms with van der Waals surface area (Å²) in [6.07, 6.45) is -39.7. The molecule has 5 nitrogen and oxygen atoms in total.